The predicted molar refractivity (Wildman–Crippen MR) is 121 cm³/mol. The van der Waals surface area contributed by atoms with Crippen LogP contribution in [0.5, 0.6) is 5.75 Å². The summed E-state index contributed by atoms with van der Waals surface area (Å²) in [6.45, 7) is 3.51. The van der Waals surface area contributed by atoms with Gasteiger partial charge in [0.05, 0.1) is 17.9 Å². The molecule has 162 valence electrons. The van der Waals surface area contributed by atoms with Crippen LogP contribution in [0.3, 0.4) is 0 Å². The lowest BCUT2D eigenvalue weighted by molar-refractivity contribution is -0.128. The number of carbonyl (C=O) groups excluding carboxylic acids is 2. The second kappa shape index (κ2) is 7.89. The fourth-order valence-corrected chi connectivity index (χ4v) is 5.22. The molecule has 2 aromatic carbocycles. The van der Waals surface area contributed by atoms with Gasteiger partial charge in [-0.2, -0.15) is 0 Å². The van der Waals surface area contributed by atoms with E-state index in [0.717, 1.165) is 56.1 Å². The summed E-state index contributed by atoms with van der Waals surface area (Å²) in [5.41, 5.74) is 1.86. The zero-order chi connectivity index (χ0) is 21.4. The maximum absolute atomic E-state index is 13.6. The first-order chi connectivity index (χ1) is 15.1. The number of carbonyl (C=O) groups is 2. The maximum atomic E-state index is 13.6. The monoisotopic (exact) mass is 420 g/mol. The fourth-order valence-electron chi connectivity index (χ4n) is 5.22. The second-order valence-corrected chi connectivity index (χ2v) is 8.72. The van der Waals surface area contributed by atoms with E-state index in [9.17, 15) is 14.7 Å². The minimum atomic E-state index is -0.751. The van der Waals surface area contributed by atoms with Gasteiger partial charge in [-0.25, -0.2) is 0 Å². The Morgan fingerprint density at radius 1 is 0.968 bits per heavy atom. The number of phenolic OH excluding ortho intramolecular Hbond substituents is 1. The molecule has 2 N–H and O–H groups in total. The number of para-hydroxylation sites is 2. The van der Waals surface area contributed by atoms with E-state index in [0.29, 0.717) is 19.4 Å². The Bertz CT molecular complexity index is 977. The highest BCUT2D eigenvalue weighted by Crippen LogP contribution is 2.45. The minimum Gasteiger partial charge on any atom is -0.508 e. The van der Waals surface area contributed by atoms with Crippen LogP contribution in [-0.2, 0) is 9.59 Å². The van der Waals surface area contributed by atoms with Crippen molar-refractivity contribution in [2.45, 2.75) is 31.2 Å². The van der Waals surface area contributed by atoms with E-state index < -0.39 is 5.54 Å². The average Bonchev–Trinajstić information content (AvgIpc) is 3.26. The van der Waals surface area contributed by atoms with Gasteiger partial charge in [0, 0.05) is 31.9 Å². The second-order valence-electron chi connectivity index (χ2n) is 8.72. The molecule has 7 heteroatoms. The van der Waals surface area contributed by atoms with E-state index in [1.807, 2.05) is 36.4 Å². The van der Waals surface area contributed by atoms with Crippen LogP contribution in [0.4, 0.5) is 17.1 Å². The Morgan fingerprint density at radius 2 is 1.65 bits per heavy atom. The van der Waals surface area contributed by atoms with E-state index in [4.69, 9.17) is 0 Å². The van der Waals surface area contributed by atoms with Crippen molar-refractivity contribution in [2.75, 3.05) is 47.8 Å². The molecule has 7 nitrogen and oxygen atoms in total. The van der Waals surface area contributed by atoms with Gasteiger partial charge in [0.15, 0.2) is 0 Å². The van der Waals surface area contributed by atoms with Crippen LogP contribution in [-0.4, -0.2) is 60.1 Å². The van der Waals surface area contributed by atoms with E-state index in [1.54, 1.807) is 17.0 Å². The molecule has 0 unspecified atom stereocenters. The Labute approximate surface area is 182 Å². The molecule has 31 heavy (non-hydrogen) atoms. The van der Waals surface area contributed by atoms with Crippen molar-refractivity contribution in [2.24, 2.45) is 0 Å². The summed E-state index contributed by atoms with van der Waals surface area (Å²) in [4.78, 5) is 32.9. The highest BCUT2D eigenvalue weighted by Gasteiger charge is 2.52. The molecule has 1 saturated carbocycles. The first kappa shape index (κ1) is 19.9. The molecule has 1 saturated heterocycles. The van der Waals surface area contributed by atoms with E-state index in [2.05, 4.69) is 15.1 Å². The van der Waals surface area contributed by atoms with Crippen molar-refractivity contribution >= 4 is 28.9 Å². The molecule has 1 aliphatic carbocycles. The SMILES string of the molecule is O=C(CN1CCN(c2ccc(O)cc2)CC1)N1c2ccccc2NC(=O)C12CCCC2. The molecule has 0 atom stereocenters. The number of hydrogen-bond acceptors (Lipinski definition) is 5. The Morgan fingerprint density at radius 3 is 2.35 bits per heavy atom. The molecule has 2 aliphatic heterocycles. The topological polar surface area (TPSA) is 76.1 Å². The highest BCUT2D eigenvalue weighted by molar-refractivity contribution is 6.15. The third-order valence-electron chi connectivity index (χ3n) is 6.87. The van der Waals surface area contributed by atoms with Gasteiger partial charge in [-0.05, 0) is 49.2 Å². The molecule has 2 fully saturated rings. The molecule has 3 aliphatic rings. The molecule has 2 amide bonds. The number of nitrogens with zero attached hydrogens (tertiary/aromatic N) is 3. The van der Waals surface area contributed by atoms with Gasteiger partial charge in [0.25, 0.3) is 5.91 Å². The first-order valence-electron chi connectivity index (χ1n) is 11.1. The molecule has 5 rings (SSSR count). The number of nitrogens with one attached hydrogen (secondary N) is 1. The highest BCUT2D eigenvalue weighted by atomic mass is 16.3. The van der Waals surface area contributed by atoms with Crippen LogP contribution in [0.2, 0.25) is 0 Å². The van der Waals surface area contributed by atoms with Crippen LogP contribution >= 0.6 is 0 Å². The third-order valence-corrected chi connectivity index (χ3v) is 6.87. The Balaban J connectivity index is 1.31. The number of amides is 2. The zero-order valence-electron chi connectivity index (χ0n) is 17.6. The van der Waals surface area contributed by atoms with Crippen molar-refractivity contribution in [3.63, 3.8) is 0 Å². The van der Waals surface area contributed by atoms with Crippen molar-refractivity contribution in [1.82, 2.24) is 4.90 Å². The number of aromatic hydroxyl groups is 1. The lowest BCUT2D eigenvalue weighted by atomic mass is 9.89. The molecule has 1 spiro atoms. The van der Waals surface area contributed by atoms with Gasteiger partial charge in [-0.15, -0.1) is 0 Å². The molecular weight excluding hydrogens is 392 g/mol. The van der Waals surface area contributed by atoms with Crippen LogP contribution in [0.15, 0.2) is 48.5 Å². The Hall–Kier alpha value is -3.06. The molecular formula is C24H28N4O3. The largest absolute Gasteiger partial charge is 0.508 e. The summed E-state index contributed by atoms with van der Waals surface area (Å²) in [6, 6.07) is 14.9. The number of rotatable bonds is 3. The van der Waals surface area contributed by atoms with Gasteiger partial charge < -0.3 is 15.3 Å². The van der Waals surface area contributed by atoms with Gasteiger partial charge >= 0.3 is 0 Å². The van der Waals surface area contributed by atoms with E-state index in [1.165, 1.54) is 0 Å². The summed E-state index contributed by atoms with van der Waals surface area (Å²) in [5.74, 6) is 0.219. The van der Waals surface area contributed by atoms with E-state index >= 15 is 0 Å². The smallest absolute Gasteiger partial charge is 0.250 e. The zero-order valence-corrected chi connectivity index (χ0v) is 17.6. The van der Waals surface area contributed by atoms with Gasteiger partial charge in [-0.1, -0.05) is 25.0 Å². The van der Waals surface area contributed by atoms with Crippen LogP contribution in [0, 0.1) is 0 Å². The molecule has 2 heterocycles. The fraction of sp³-hybridized carbons (Fsp3) is 0.417. The van der Waals surface area contributed by atoms with Crippen molar-refractivity contribution in [1.29, 1.82) is 0 Å². The minimum absolute atomic E-state index is 0.00211. The Kier molecular flexibility index (Phi) is 5.06. The number of fused-ring (bicyclic) bond motifs is 1. The van der Waals surface area contributed by atoms with Crippen LogP contribution in [0.25, 0.3) is 0 Å². The summed E-state index contributed by atoms with van der Waals surface area (Å²) >= 11 is 0. The lowest BCUT2D eigenvalue weighted by Crippen LogP contribution is -2.62. The van der Waals surface area contributed by atoms with Gasteiger partial charge in [-0.3, -0.25) is 19.4 Å². The first-order valence-corrected chi connectivity index (χ1v) is 11.1. The van der Waals surface area contributed by atoms with Crippen LogP contribution in [0.1, 0.15) is 25.7 Å². The molecule has 0 radical (unpaired) electrons. The molecule has 0 bridgehead atoms. The van der Waals surface area contributed by atoms with Crippen molar-refractivity contribution < 1.29 is 14.7 Å². The van der Waals surface area contributed by atoms with Crippen LogP contribution < -0.4 is 15.1 Å². The summed E-state index contributed by atoms with van der Waals surface area (Å²) in [5, 5.41) is 12.5. The lowest BCUT2D eigenvalue weighted by Gasteiger charge is -2.45. The summed E-state index contributed by atoms with van der Waals surface area (Å²) in [6.07, 6.45) is 3.36. The van der Waals surface area contributed by atoms with Crippen molar-refractivity contribution in [3.8, 4) is 5.75 Å². The predicted octanol–water partition coefficient (Wildman–Crippen LogP) is 2.81. The number of anilines is 3. The maximum Gasteiger partial charge on any atom is 0.250 e. The molecule has 0 aromatic heterocycles. The standard InChI is InChI=1S/C24H28N4O3/c29-19-9-7-18(8-10-19)27-15-13-26(14-16-27)17-22(30)28-21-6-2-1-5-20(21)25-23(31)24(28)11-3-4-12-24/h1-2,5-10,29H,3-4,11-17H2,(H,25,31). The average molecular weight is 421 g/mol. The van der Waals surface area contributed by atoms with Gasteiger partial charge in [0.2, 0.25) is 5.91 Å². The number of piperazine rings is 1. The summed E-state index contributed by atoms with van der Waals surface area (Å²) in [7, 11) is 0. The van der Waals surface area contributed by atoms with E-state index in [-0.39, 0.29) is 17.6 Å². The van der Waals surface area contributed by atoms with Crippen molar-refractivity contribution in [3.05, 3.63) is 48.5 Å². The third kappa shape index (κ3) is 3.53. The number of phenols is 1. The number of hydrogen-bond donors (Lipinski definition) is 2. The summed E-state index contributed by atoms with van der Waals surface area (Å²) < 4.78 is 0. The normalized spacial score (nSPS) is 20.6. The molecule has 2 aromatic rings. The number of benzene rings is 2. The quantitative estimate of drug-likeness (QED) is 0.799. The van der Waals surface area contributed by atoms with Gasteiger partial charge in [0.1, 0.15) is 11.3 Å².